The van der Waals surface area contributed by atoms with E-state index in [9.17, 15) is 18.0 Å². The minimum Gasteiger partial charge on any atom is -0.491 e. The molecule has 0 saturated carbocycles. The first-order valence-corrected chi connectivity index (χ1v) is 10.8. The molecule has 0 unspecified atom stereocenters. The highest BCUT2D eigenvalue weighted by Crippen LogP contribution is 2.29. The Bertz CT molecular complexity index is 1110. The number of aromatic nitrogens is 2. The van der Waals surface area contributed by atoms with Gasteiger partial charge < -0.3 is 15.0 Å². The van der Waals surface area contributed by atoms with E-state index < -0.39 is 12.0 Å². The van der Waals surface area contributed by atoms with E-state index in [1.165, 1.54) is 18.2 Å². The number of alkyl halides is 3. The Morgan fingerprint density at radius 2 is 1.85 bits per heavy atom. The van der Waals surface area contributed by atoms with Crippen LogP contribution < -0.4 is 10.1 Å². The van der Waals surface area contributed by atoms with Crippen molar-refractivity contribution in [3.63, 3.8) is 0 Å². The molecule has 0 spiro atoms. The predicted molar refractivity (Wildman–Crippen MR) is 120 cm³/mol. The van der Waals surface area contributed by atoms with Gasteiger partial charge in [0.05, 0.1) is 22.6 Å². The Labute approximate surface area is 193 Å². The summed E-state index contributed by atoms with van der Waals surface area (Å²) in [4.78, 5) is 22.5. The van der Waals surface area contributed by atoms with Crippen LogP contribution in [0.25, 0.3) is 11.0 Å². The van der Waals surface area contributed by atoms with Crippen molar-refractivity contribution in [2.24, 2.45) is 0 Å². The highest BCUT2D eigenvalue weighted by Gasteiger charge is 2.34. The second-order valence-corrected chi connectivity index (χ2v) is 8.17. The van der Waals surface area contributed by atoms with Gasteiger partial charge in [0.1, 0.15) is 12.4 Å². The van der Waals surface area contributed by atoms with Crippen LogP contribution in [0.3, 0.4) is 0 Å². The average Bonchev–Trinajstić information content (AvgIpc) is 3.20. The molecule has 0 bridgehead atoms. The van der Waals surface area contributed by atoms with Crippen LogP contribution in [0.4, 0.5) is 18.9 Å². The molecule has 2 aromatic carbocycles. The molecule has 0 aliphatic carbocycles. The minimum atomic E-state index is -4.55. The van der Waals surface area contributed by atoms with Gasteiger partial charge >= 0.3 is 6.18 Å². The number of piperazine rings is 1. The third-order valence-electron chi connectivity index (χ3n) is 5.37. The molecule has 1 amide bonds. The van der Waals surface area contributed by atoms with Gasteiger partial charge in [-0.1, -0.05) is 23.7 Å². The first-order valence-electron chi connectivity index (χ1n) is 10.5. The molecular formula is C22H23ClF3N5O2. The standard InChI is InChI=1S/C22H23ClF3N5O2/c23-16-3-1-2-4-19(16)33-12-11-30-7-9-31(10-8-30)14-20(32)27-15-5-6-17-18(13-15)29-21(28-17)22(24,25)26/h1-6,13H,7-12,14H2,(H,27,32)(H,28,29). The van der Waals surface area contributed by atoms with E-state index in [2.05, 4.69) is 20.2 Å². The lowest BCUT2D eigenvalue weighted by Crippen LogP contribution is -2.49. The summed E-state index contributed by atoms with van der Waals surface area (Å²) in [6, 6.07) is 11.8. The quantitative estimate of drug-likeness (QED) is 0.536. The van der Waals surface area contributed by atoms with Gasteiger partial charge in [0.25, 0.3) is 0 Å². The number of hydrogen-bond acceptors (Lipinski definition) is 5. The first kappa shape index (κ1) is 23.3. The number of halogens is 4. The number of carbonyl (C=O) groups is 1. The SMILES string of the molecule is O=C(CN1CCN(CCOc2ccccc2Cl)CC1)Nc1ccc2nc(C(F)(F)F)[nH]c2c1. The molecule has 3 aromatic rings. The van der Waals surface area contributed by atoms with Crippen LogP contribution in [0.2, 0.25) is 5.02 Å². The lowest BCUT2D eigenvalue weighted by molar-refractivity contribution is -0.144. The van der Waals surface area contributed by atoms with Crippen molar-refractivity contribution in [1.29, 1.82) is 0 Å². The second kappa shape index (κ2) is 9.98. The van der Waals surface area contributed by atoms with E-state index in [1.54, 1.807) is 6.07 Å². The van der Waals surface area contributed by atoms with Gasteiger partial charge in [-0.25, -0.2) is 4.98 Å². The average molecular weight is 482 g/mol. The van der Waals surface area contributed by atoms with E-state index in [1.807, 2.05) is 23.1 Å². The monoisotopic (exact) mass is 481 g/mol. The highest BCUT2D eigenvalue weighted by atomic mass is 35.5. The molecule has 11 heteroatoms. The van der Waals surface area contributed by atoms with Crippen LogP contribution in [0.15, 0.2) is 42.5 Å². The maximum absolute atomic E-state index is 12.8. The zero-order valence-electron chi connectivity index (χ0n) is 17.7. The van der Waals surface area contributed by atoms with Gasteiger partial charge in [0, 0.05) is 38.4 Å². The maximum Gasteiger partial charge on any atom is 0.449 e. The van der Waals surface area contributed by atoms with Gasteiger partial charge in [-0.15, -0.1) is 0 Å². The topological polar surface area (TPSA) is 73.5 Å². The second-order valence-electron chi connectivity index (χ2n) is 7.76. The molecule has 176 valence electrons. The van der Waals surface area contributed by atoms with Crippen LogP contribution in [-0.2, 0) is 11.0 Å². The number of benzene rings is 2. The molecule has 4 rings (SSSR count). The fourth-order valence-electron chi connectivity index (χ4n) is 3.64. The molecular weight excluding hydrogens is 459 g/mol. The Morgan fingerprint density at radius 3 is 2.58 bits per heavy atom. The lowest BCUT2D eigenvalue weighted by atomic mass is 10.2. The fraction of sp³-hybridized carbons (Fsp3) is 0.364. The van der Waals surface area contributed by atoms with Gasteiger partial charge in [-0.2, -0.15) is 13.2 Å². The number of rotatable bonds is 7. The molecule has 1 saturated heterocycles. The molecule has 33 heavy (non-hydrogen) atoms. The number of ether oxygens (including phenoxy) is 1. The van der Waals surface area contributed by atoms with Crippen molar-refractivity contribution in [2.75, 3.05) is 51.2 Å². The maximum atomic E-state index is 12.8. The van der Waals surface area contributed by atoms with Crippen LogP contribution in [0.1, 0.15) is 5.82 Å². The first-order chi connectivity index (χ1) is 15.8. The Hall–Kier alpha value is -2.82. The summed E-state index contributed by atoms with van der Waals surface area (Å²) in [5.74, 6) is -0.617. The number of fused-ring (bicyclic) bond motifs is 1. The third kappa shape index (κ3) is 6.16. The summed E-state index contributed by atoms with van der Waals surface area (Å²) in [6.45, 7) is 4.56. The molecule has 1 aromatic heterocycles. The Balaban J connectivity index is 1.21. The summed E-state index contributed by atoms with van der Waals surface area (Å²) < 4.78 is 44.1. The molecule has 1 aliphatic heterocycles. The zero-order chi connectivity index (χ0) is 23.4. The van der Waals surface area contributed by atoms with Crippen molar-refractivity contribution in [3.8, 4) is 5.75 Å². The summed E-state index contributed by atoms with van der Waals surface area (Å²) in [7, 11) is 0. The minimum absolute atomic E-state index is 0.190. The highest BCUT2D eigenvalue weighted by molar-refractivity contribution is 6.32. The molecule has 2 N–H and O–H groups in total. The number of imidazole rings is 1. The molecule has 7 nitrogen and oxygen atoms in total. The number of nitrogens with one attached hydrogen (secondary N) is 2. The summed E-state index contributed by atoms with van der Waals surface area (Å²) in [5, 5.41) is 3.33. The number of aromatic amines is 1. The molecule has 2 heterocycles. The van der Waals surface area contributed by atoms with E-state index >= 15 is 0 Å². The van der Waals surface area contributed by atoms with Crippen LogP contribution in [0.5, 0.6) is 5.75 Å². The lowest BCUT2D eigenvalue weighted by Gasteiger charge is -2.34. The van der Waals surface area contributed by atoms with Crippen LogP contribution >= 0.6 is 11.6 Å². The number of amides is 1. The van der Waals surface area contributed by atoms with Crippen LogP contribution in [-0.4, -0.2) is 71.6 Å². The van der Waals surface area contributed by atoms with Gasteiger partial charge in [0.15, 0.2) is 0 Å². The van der Waals surface area contributed by atoms with E-state index in [0.29, 0.717) is 23.1 Å². The van der Waals surface area contributed by atoms with E-state index in [-0.39, 0.29) is 23.5 Å². The van der Waals surface area contributed by atoms with E-state index in [0.717, 1.165) is 32.7 Å². The fourth-order valence-corrected chi connectivity index (χ4v) is 3.83. The Morgan fingerprint density at radius 1 is 1.12 bits per heavy atom. The summed E-state index contributed by atoms with van der Waals surface area (Å²) >= 11 is 6.09. The molecule has 0 atom stereocenters. The number of nitrogens with zero attached hydrogens (tertiary/aromatic N) is 3. The van der Waals surface area contributed by atoms with Gasteiger partial charge in [0.2, 0.25) is 11.7 Å². The number of anilines is 1. The molecule has 1 fully saturated rings. The van der Waals surface area contributed by atoms with Crippen molar-refractivity contribution in [2.45, 2.75) is 6.18 Å². The zero-order valence-corrected chi connectivity index (χ0v) is 18.4. The van der Waals surface area contributed by atoms with Crippen LogP contribution in [0, 0.1) is 0 Å². The number of hydrogen-bond donors (Lipinski definition) is 2. The van der Waals surface area contributed by atoms with Gasteiger partial charge in [-0.05, 0) is 30.3 Å². The normalized spacial score (nSPS) is 15.6. The number of carbonyl (C=O) groups excluding carboxylic acids is 1. The smallest absolute Gasteiger partial charge is 0.449 e. The van der Waals surface area contributed by atoms with Crippen molar-refractivity contribution in [3.05, 3.63) is 53.3 Å². The number of H-pyrrole nitrogens is 1. The largest absolute Gasteiger partial charge is 0.491 e. The van der Waals surface area contributed by atoms with E-state index in [4.69, 9.17) is 16.3 Å². The molecule has 1 aliphatic rings. The third-order valence-corrected chi connectivity index (χ3v) is 5.68. The molecule has 0 radical (unpaired) electrons. The predicted octanol–water partition coefficient (Wildman–Crippen LogP) is 3.87. The summed E-state index contributed by atoms with van der Waals surface area (Å²) in [6.07, 6.45) is -4.55. The van der Waals surface area contributed by atoms with Crippen molar-refractivity contribution in [1.82, 2.24) is 19.8 Å². The number of para-hydroxylation sites is 1. The Kier molecular flexibility index (Phi) is 7.06. The van der Waals surface area contributed by atoms with Gasteiger partial charge in [-0.3, -0.25) is 14.6 Å². The van der Waals surface area contributed by atoms with Crippen molar-refractivity contribution < 1.29 is 22.7 Å². The summed E-state index contributed by atoms with van der Waals surface area (Å²) in [5.41, 5.74) is 0.822. The van der Waals surface area contributed by atoms with Crippen molar-refractivity contribution >= 4 is 34.2 Å².